The molecule has 1 nitrogen and oxygen atoms in total. The third kappa shape index (κ3) is 4.73. The number of hydrogen-bond donors (Lipinski definition) is 1. The first kappa shape index (κ1) is 17.8. The molecule has 26 heavy (non-hydrogen) atoms. The third-order valence-corrected chi connectivity index (χ3v) is 4.51. The van der Waals surface area contributed by atoms with E-state index in [-0.39, 0.29) is 0 Å². The van der Waals surface area contributed by atoms with E-state index in [0.29, 0.717) is 5.92 Å². The molecule has 2 aromatic carbocycles. The lowest BCUT2D eigenvalue weighted by atomic mass is 9.92. The maximum atomic E-state index is 4.13. The van der Waals surface area contributed by atoms with Crippen molar-refractivity contribution in [3.05, 3.63) is 126 Å². The number of nitrogens with one attached hydrogen (secondary N) is 1. The standard InChI is InChI=1S/C25H25N/c1-3-21(22-10-6-4-7-11-22)15-14-20(2)26-25-18-16-24(17-19-25)23-12-8-5-9-13-23/h3-16,18-19,24,26H,2,17H2,1H3/b15-14-,21-3+. The average molecular weight is 339 g/mol. The Morgan fingerprint density at radius 2 is 1.69 bits per heavy atom. The lowest BCUT2D eigenvalue weighted by molar-refractivity contribution is 0.828. The Kier molecular flexibility index (Phi) is 6.05. The van der Waals surface area contributed by atoms with Gasteiger partial charge in [0, 0.05) is 17.3 Å². The summed E-state index contributed by atoms with van der Waals surface area (Å²) in [5.74, 6) is 0.457. The first-order valence-electron chi connectivity index (χ1n) is 9.05. The quantitative estimate of drug-likeness (QED) is 0.602. The Labute approximate surface area is 156 Å². The van der Waals surface area contributed by atoms with Gasteiger partial charge in [0.1, 0.15) is 0 Å². The molecular formula is C25H25N. The topological polar surface area (TPSA) is 12.0 Å². The number of rotatable bonds is 6. The van der Waals surface area contributed by atoms with Gasteiger partial charge in [-0.1, -0.05) is 91.5 Å². The molecule has 0 fully saturated rings. The highest BCUT2D eigenvalue weighted by atomic mass is 14.9. The van der Waals surface area contributed by atoms with Gasteiger partial charge in [-0.15, -0.1) is 0 Å². The smallest absolute Gasteiger partial charge is 0.0340 e. The molecule has 1 aliphatic carbocycles. The fourth-order valence-electron chi connectivity index (χ4n) is 3.07. The van der Waals surface area contributed by atoms with E-state index in [1.807, 2.05) is 12.1 Å². The van der Waals surface area contributed by atoms with Crippen LogP contribution in [0, 0.1) is 0 Å². The van der Waals surface area contributed by atoms with E-state index in [1.54, 1.807) is 0 Å². The minimum absolute atomic E-state index is 0.457. The summed E-state index contributed by atoms with van der Waals surface area (Å²) in [4.78, 5) is 0. The van der Waals surface area contributed by atoms with E-state index < -0.39 is 0 Å². The lowest BCUT2D eigenvalue weighted by Crippen LogP contribution is -2.11. The van der Waals surface area contributed by atoms with Gasteiger partial charge >= 0.3 is 0 Å². The molecule has 0 spiro atoms. The van der Waals surface area contributed by atoms with Gasteiger partial charge in [-0.25, -0.2) is 0 Å². The van der Waals surface area contributed by atoms with Crippen molar-refractivity contribution < 1.29 is 0 Å². The summed E-state index contributed by atoms with van der Waals surface area (Å²) < 4.78 is 0. The lowest BCUT2D eigenvalue weighted by Gasteiger charge is -2.17. The zero-order valence-corrected chi connectivity index (χ0v) is 15.2. The normalized spacial score (nSPS) is 17.2. The average Bonchev–Trinajstić information content (AvgIpc) is 2.70. The largest absolute Gasteiger partial charge is 0.356 e. The zero-order valence-electron chi connectivity index (χ0n) is 15.2. The Balaban J connectivity index is 1.57. The molecule has 3 rings (SSSR count). The van der Waals surface area contributed by atoms with Crippen molar-refractivity contribution in [2.45, 2.75) is 19.3 Å². The number of hydrogen-bond acceptors (Lipinski definition) is 1. The van der Waals surface area contributed by atoms with Crippen LogP contribution in [-0.2, 0) is 0 Å². The SMILES string of the molecule is C=C(/C=C\C(=C/C)c1ccccc1)NC1=CCC(c2ccccc2)C=C1. The second-order valence-electron chi connectivity index (χ2n) is 6.37. The molecule has 0 aliphatic heterocycles. The van der Waals surface area contributed by atoms with Gasteiger partial charge in [0.25, 0.3) is 0 Å². The summed E-state index contributed by atoms with van der Waals surface area (Å²) in [6, 6.07) is 21.0. The van der Waals surface area contributed by atoms with Crippen molar-refractivity contribution >= 4 is 5.57 Å². The van der Waals surface area contributed by atoms with E-state index in [0.717, 1.165) is 17.8 Å². The van der Waals surface area contributed by atoms with Crippen LogP contribution >= 0.6 is 0 Å². The molecule has 0 saturated heterocycles. The summed E-state index contributed by atoms with van der Waals surface area (Å²) in [7, 11) is 0. The van der Waals surface area contributed by atoms with Crippen LogP contribution in [0.5, 0.6) is 0 Å². The van der Waals surface area contributed by atoms with Crippen molar-refractivity contribution in [3.8, 4) is 0 Å². The van der Waals surface area contributed by atoms with Crippen LogP contribution in [0.2, 0.25) is 0 Å². The van der Waals surface area contributed by atoms with Gasteiger partial charge in [-0.05, 0) is 42.2 Å². The van der Waals surface area contributed by atoms with Crippen molar-refractivity contribution in [3.63, 3.8) is 0 Å². The molecule has 1 atom stereocenters. The van der Waals surface area contributed by atoms with Crippen molar-refractivity contribution in [2.75, 3.05) is 0 Å². The second kappa shape index (κ2) is 8.87. The molecule has 1 unspecified atom stereocenters. The van der Waals surface area contributed by atoms with Gasteiger partial charge in [0.2, 0.25) is 0 Å². The van der Waals surface area contributed by atoms with Gasteiger partial charge < -0.3 is 5.32 Å². The van der Waals surface area contributed by atoms with Crippen LogP contribution in [0.1, 0.15) is 30.4 Å². The predicted molar refractivity (Wildman–Crippen MR) is 113 cm³/mol. The second-order valence-corrected chi connectivity index (χ2v) is 6.37. The molecule has 1 aliphatic rings. The van der Waals surface area contributed by atoms with E-state index in [2.05, 4.69) is 104 Å². The summed E-state index contributed by atoms with van der Waals surface area (Å²) in [5.41, 5.74) is 5.74. The fraction of sp³-hybridized carbons (Fsp3) is 0.120. The van der Waals surface area contributed by atoms with Gasteiger partial charge in [-0.2, -0.15) is 0 Å². The molecule has 0 radical (unpaired) electrons. The van der Waals surface area contributed by atoms with E-state index in [4.69, 9.17) is 0 Å². The molecule has 2 aromatic rings. The van der Waals surface area contributed by atoms with Crippen molar-refractivity contribution in [1.29, 1.82) is 0 Å². The van der Waals surface area contributed by atoms with Crippen LogP contribution in [0.25, 0.3) is 5.57 Å². The molecule has 1 N–H and O–H groups in total. The summed E-state index contributed by atoms with van der Waals surface area (Å²) in [6.45, 7) is 6.18. The molecule has 1 heteroatoms. The van der Waals surface area contributed by atoms with E-state index in [9.17, 15) is 0 Å². The molecule has 0 bridgehead atoms. The Bertz CT molecular complexity index is 852. The highest BCUT2D eigenvalue weighted by Crippen LogP contribution is 2.26. The summed E-state index contributed by atoms with van der Waals surface area (Å²) in [5, 5.41) is 3.39. The monoisotopic (exact) mass is 339 g/mol. The highest BCUT2D eigenvalue weighted by Gasteiger charge is 2.10. The Morgan fingerprint density at radius 3 is 2.31 bits per heavy atom. The van der Waals surface area contributed by atoms with E-state index >= 15 is 0 Å². The maximum absolute atomic E-state index is 4.13. The molecule has 0 aromatic heterocycles. The molecule has 0 heterocycles. The van der Waals surface area contributed by atoms with Crippen LogP contribution in [-0.4, -0.2) is 0 Å². The number of allylic oxidation sites excluding steroid dienone is 7. The summed E-state index contributed by atoms with van der Waals surface area (Å²) >= 11 is 0. The van der Waals surface area contributed by atoms with Gasteiger partial charge in [0.05, 0.1) is 0 Å². The number of benzene rings is 2. The fourth-order valence-corrected chi connectivity index (χ4v) is 3.07. The minimum atomic E-state index is 0.457. The van der Waals surface area contributed by atoms with Crippen molar-refractivity contribution in [1.82, 2.24) is 5.32 Å². The molecule has 130 valence electrons. The Hall–Kier alpha value is -3.06. The van der Waals surface area contributed by atoms with Crippen LogP contribution in [0.4, 0.5) is 0 Å². The summed E-state index contributed by atoms with van der Waals surface area (Å²) in [6.07, 6.45) is 13.9. The first-order valence-corrected chi connectivity index (χ1v) is 9.05. The van der Waals surface area contributed by atoms with Crippen LogP contribution < -0.4 is 5.32 Å². The molecule has 0 saturated carbocycles. The highest BCUT2D eigenvalue weighted by molar-refractivity contribution is 5.74. The Morgan fingerprint density at radius 1 is 1.00 bits per heavy atom. The molecule has 0 amide bonds. The van der Waals surface area contributed by atoms with E-state index in [1.165, 1.54) is 16.7 Å². The predicted octanol–water partition coefficient (Wildman–Crippen LogP) is 6.38. The van der Waals surface area contributed by atoms with Crippen molar-refractivity contribution in [2.24, 2.45) is 0 Å². The molecular weight excluding hydrogens is 314 g/mol. The zero-order chi connectivity index (χ0) is 18.2. The first-order chi connectivity index (χ1) is 12.8. The third-order valence-electron chi connectivity index (χ3n) is 4.51. The van der Waals surface area contributed by atoms with Gasteiger partial charge in [-0.3, -0.25) is 0 Å². The van der Waals surface area contributed by atoms with Crippen LogP contribution in [0.3, 0.4) is 0 Å². The maximum Gasteiger partial charge on any atom is 0.0340 e. The van der Waals surface area contributed by atoms with Crippen LogP contribution in [0.15, 0.2) is 115 Å². The minimum Gasteiger partial charge on any atom is -0.356 e. The van der Waals surface area contributed by atoms with Gasteiger partial charge in [0.15, 0.2) is 0 Å².